The minimum absolute atomic E-state index is 0.0774. The Labute approximate surface area is 149 Å². The summed E-state index contributed by atoms with van der Waals surface area (Å²) in [5.41, 5.74) is 0.975. The molecule has 0 radical (unpaired) electrons. The molecule has 1 atom stereocenters. The second-order valence-electron chi connectivity index (χ2n) is 7.33. The predicted molar refractivity (Wildman–Crippen MR) is 95.9 cm³/mol. The summed E-state index contributed by atoms with van der Waals surface area (Å²) in [6.45, 7) is 5.39. The van der Waals surface area contributed by atoms with E-state index in [4.69, 9.17) is 4.74 Å². The van der Waals surface area contributed by atoms with Crippen LogP contribution in [0, 0.1) is 11.8 Å². The van der Waals surface area contributed by atoms with E-state index in [2.05, 4.69) is 6.92 Å². The molecule has 0 bridgehead atoms. The molecule has 1 aromatic carbocycles. The lowest BCUT2D eigenvalue weighted by atomic mass is 9.94. The molecule has 2 heterocycles. The number of ether oxygens (including phenoxy) is 1. The van der Waals surface area contributed by atoms with Crippen molar-refractivity contribution in [3.05, 3.63) is 35.9 Å². The fourth-order valence-electron chi connectivity index (χ4n) is 3.64. The predicted octanol–water partition coefficient (Wildman–Crippen LogP) is 3.29. The van der Waals surface area contributed by atoms with Gasteiger partial charge in [0.15, 0.2) is 0 Å². The van der Waals surface area contributed by atoms with Gasteiger partial charge in [0.05, 0.1) is 5.92 Å². The van der Waals surface area contributed by atoms with Gasteiger partial charge in [0.1, 0.15) is 6.61 Å². The van der Waals surface area contributed by atoms with Gasteiger partial charge in [-0.3, -0.25) is 4.79 Å². The first-order valence-corrected chi connectivity index (χ1v) is 9.38. The molecule has 3 rings (SSSR count). The SMILES string of the molecule is CC1CCN(C(=O)C2CCCN(C(=O)OCc3ccccc3)C2)CC1. The van der Waals surface area contributed by atoms with Crippen LogP contribution < -0.4 is 0 Å². The maximum atomic E-state index is 12.8. The molecular formula is C20H28N2O3. The maximum absolute atomic E-state index is 12.8. The van der Waals surface area contributed by atoms with Crippen LogP contribution in [-0.4, -0.2) is 48.0 Å². The number of carbonyl (C=O) groups is 2. The summed E-state index contributed by atoms with van der Waals surface area (Å²) in [5.74, 6) is 0.846. The van der Waals surface area contributed by atoms with Crippen molar-refractivity contribution < 1.29 is 14.3 Å². The highest BCUT2D eigenvalue weighted by atomic mass is 16.6. The third-order valence-electron chi connectivity index (χ3n) is 5.33. The minimum Gasteiger partial charge on any atom is -0.445 e. The number of carbonyl (C=O) groups excluding carboxylic acids is 2. The summed E-state index contributed by atoms with van der Waals surface area (Å²) in [4.78, 5) is 28.8. The molecule has 2 fully saturated rings. The van der Waals surface area contributed by atoms with Gasteiger partial charge in [-0.15, -0.1) is 0 Å². The van der Waals surface area contributed by atoms with E-state index in [-0.39, 0.29) is 24.5 Å². The zero-order valence-corrected chi connectivity index (χ0v) is 15.0. The Morgan fingerprint density at radius 3 is 2.48 bits per heavy atom. The van der Waals surface area contributed by atoms with Gasteiger partial charge < -0.3 is 14.5 Å². The van der Waals surface area contributed by atoms with Gasteiger partial charge in [0.25, 0.3) is 0 Å². The molecule has 1 aromatic rings. The standard InChI is InChI=1S/C20H28N2O3/c1-16-9-12-21(13-10-16)19(23)18-8-5-11-22(14-18)20(24)25-15-17-6-3-2-4-7-17/h2-4,6-7,16,18H,5,8-15H2,1H3. The lowest BCUT2D eigenvalue weighted by Gasteiger charge is -2.37. The molecule has 0 aliphatic carbocycles. The molecule has 2 aliphatic rings. The van der Waals surface area contributed by atoms with Crippen molar-refractivity contribution in [3.63, 3.8) is 0 Å². The van der Waals surface area contributed by atoms with Crippen LogP contribution in [0.3, 0.4) is 0 Å². The first-order valence-electron chi connectivity index (χ1n) is 9.38. The molecule has 1 unspecified atom stereocenters. The number of benzene rings is 1. The van der Waals surface area contributed by atoms with Crippen molar-refractivity contribution in [2.75, 3.05) is 26.2 Å². The first-order chi connectivity index (χ1) is 12.1. The largest absolute Gasteiger partial charge is 0.445 e. The second-order valence-corrected chi connectivity index (χ2v) is 7.33. The second kappa shape index (κ2) is 8.37. The van der Waals surface area contributed by atoms with Crippen LogP contribution in [-0.2, 0) is 16.1 Å². The normalized spacial score (nSPS) is 21.9. The highest BCUT2D eigenvalue weighted by Crippen LogP contribution is 2.23. The molecule has 0 saturated carbocycles. The number of likely N-dealkylation sites (tertiary alicyclic amines) is 2. The zero-order chi connectivity index (χ0) is 17.6. The summed E-state index contributed by atoms with van der Waals surface area (Å²) >= 11 is 0. The first kappa shape index (κ1) is 17.8. The lowest BCUT2D eigenvalue weighted by molar-refractivity contribution is -0.138. The summed E-state index contributed by atoms with van der Waals surface area (Å²) in [6, 6.07) is 9.67. The highest BCUT2D eigenvalue weighted by molar-refractivity contribution is 5.80. The van der Waals surface area contributed by atoms with Gasteiger partial charge in [-0.25, -0.2) is 4.79 Å². The van der Waals surface area contributed by atoms with Crippen LogP contribution in [0.5, 0.6) is 0 Å². The van der Waals surface area contributed by atoms with Gasteiger partial charge >= 0.3 is 6.09 Å². The van der Waals surface area contributed by atoms with Gasteiger partial charge in [-0.2, -0.15) is 0 Å². The number of nitrogens with zero attached hydrogens (tertiary/aromatic N) is 2. The Hall–Kier alpha value is -2.04. The van der Waals surface area contributed by atoms with Crippen LogP contribution in [0.1, 0.15) is 38.2 Å². The molecule has 5 heteroatoms. The number of hydrogen-bond donors (Lipinski definition) is 0. The molecule has 136 valence electrons. The van der Waals surface area contributed by atoms with Gasteiger partial charge in [-0.05, 0) is 37.2 Å². The Morgan fingerprint density at radius 2 is 1.76 bits per heavy atom. The number of piperidine rings is 2. The fraction of sp³-hybridized carbons (Fsp3) is 0.600. The van der Waals surface area contributed by atoms with Crippen molar-refractivity contribution in [2.24, 2.45) is 11.8 Å². The molecule has 25 heavy (non-hydrogen) atoms. The zero-order valence-electron chi connectivity index (χ0n) is 15.0. The van der Waals surface area contributed by atoms with Crippen molar-refractivity contribution in [3.8, 4) is 0 Å². The minimum atomic E-state index is -0.311. The third kappa shape index (κ3) is 4.74. The van der Waals surface area contributed by atoms with Crippen LogP contribution >= 0.6 is 0 Å². The molecule has 0 N–H and O–H groups in total. The summed E-state index contributed by atoms with van der Waals surface area (Å²) in [6.07, 6.45) is 3.59. The van der Waals surface area contributed by atoms with E-state index in [0.29, 0.717) is 19.0 Å². The average Bonchev–Trinajstić information content (AvgIpc) is 2.67. The fourth-order valence-corrected chi connectivity index (χ4v) is 3.64. The third-order valence-corrected chi connectivity index (χ3v) is 5.33. The molecule has 5 nitrogen and oxygen atoms in total. The average molecular weight is 344 g/mol. The maximum Gasteiger partial charge on any atom is 0.410 e. The Kier molecular flexibility index (Phi) is 5.95. The monoisotopic (exact) mass is 344 g/mol. The van der Waals surface area contributed by atoms with Gasteiger partial charge in [-0.1, -0.05) is 37.3 Å². The molecular weight excluding hydrogens is 316 g/mol. The van der Waals surface area contributed by atoms with Crippen molar-refractivity contribution in [2.45, 2.75) is 39.2 Å². The quantitative estimate of drug-likeness (QED) is 0.845. The van der Waals surface area contributed by atoms with E-state index >= 15 is 0 Å². The summed E-state index contributed by atoms with van der Waals surface area (Å²) in [5, 5.41) is 0. The van der Waals surface area contributed by atoms with E-state index in [1.54, 1.807) is 4.90 Å². The van der Waals surface area contributed by atoms with E-state index < -0.39 is 0 Å². The van der Waals surface area contributed by atoms with Crippen molar-refractivity contribution in [1.82, 2.24) is 9.80 Å². The summed E-state index contributed by atoms with van der Waals surface area (Å²) < 4.78 is 5.42. The molecule has 0 aromatic heterocycles. The van der Waals surface area contributed by atoms with Crippen LogP contribution in [0.2, 0.25) is 0 Å². The topological polar surface area (TPSA) is 49.9 Å². The Bertz CT molecular complexity index is 582. The van der Waals surface area contributed by atoms with E-state index in [1.807, 2.05) is 35.2 Å². The van der Waals surface area contributed by atoms with Crippen molar-refractivity contribution in [1.29, 1.82) is 0 Å². The van der Waals surface area contributed by atoms with Crippen LogP contribution in [0.4, 0.5) is 4.79 Å². The number of rotatable bonds is 3. The van der Waals surface area contributed by atoms with Gasteiger partial charge in [0.2, 0.25) is 5.91 Å². The molecule has 0 spiro atoms. The lowest BCUT2D eigenvalue weighted by Crippen LogP contribution is -2.48. The molecule has 2 amide bonds. The van der Waals surface area contributed by atoms with Crippen LogP contribution in [0.25, 0.3) is 0 Å². The van der Waals surface area contributed by atoms with E-state index in [0.717, 1.165) is 44.3 Å². The molecule has 2 saturated heterocycles. The summed E-state index contributed by atoms with van der Waals surface area (Å²) in [7, 11) is 0. The van der Waals surface area contributed by atoms with Crippen molar-refractivity contribution >= 4 is 12.0 Å². The number of hydrogen-bond acceptors (Lipinski definition) is 3. The van der Waals surface area contributed by atoms with E-state index in [9.17, 15) is 9.59 Å². The Morgan fingerprint density at radius 1 is 1.04 bits per heavy atom. The van der Waals surface area contributed by atoms with E-state index in [1.165, 1.54) is 0 Å². The molecule has 2 aliphatic heterocycles. The smallest absolute Gasteiger partial charge is 0.410 e. The van der Waals surface area contributed by atoms with Gasteiger partial charge in [0, 0.05) is 26.2 Å². The van der Waals surface area contributed by atoms with Crippen LogP contribution in [0.15, 0.2) is 30.3 Å². The highest BCUT2D eigenvalue weighted by Gasteiger charge is 2.32. The Balaban J connectivity index is 1.50. The number of amides is 2.